The van der Waals surface area contributed by atoms with Gasteiger partial charge in [0.05, 0.1) is 0 Å². The van der Waals surface area contributed by atoms with Crippen molar-refractivity contribution in [1.29, 1.82) is 0 Å². The first-order valence-corrected chi connectivity index (χ1v) is 14.5. The van der Waals surface area contributed by atoms with Gasteiger partial charge in [-0.1, -0.05) is 0 Å². The molecule has 0 aromatic heterocycles. The number of carbonyl (C=O) groups excluding carboxylic acids is 2. The van der Waals surface area contributed by atoms with E-state index in [1.165, 1.54) is 13.8 Å². The molecule has 0 bridgehead atoms. The summed E-state index contributed by atoms with van der Waals surface area (Å²) >= 11 is 0. The second kappa shape index (κ2) is 6.31. The highest BCUT2D eigenvalue weighted by atomic mass is 28.5. The van der Waals surface area contributed by atoms with Gasteiger partial charge in [0.1, 0.15) is 0 Å². The number of hydrogen-bond donors (Lipinski definition) is 0. The highest BCUT2D eigenvalue weighted by Gasteiger charge is 2.57. The van der Waals surface area contributed by atoms with Crippen LogP contribution in [0.3, 0.4) is 0 Å². The lowest BCUT2D eigenvalue weighted by molar-refractivity contribution is -0.145. The average Bonchev–Trinajstić information content (AvgIpc) is 1.89. The molecule has 0 amide bonds. The Hall–Kier alpha value is -0.489. The molecule has 0 N–H and O–H groups in total. The zero-order chi connectivity index (χ0) is 15.5. The Kier molecular flexibility index (Phi) is 6.14. The van der Waals surface area contributed by atoms with Crippen molar-refractivity contribution in [3.05, 3.63) is 0 Å². The van der Waals surface area contributed by atoms with E-state index in [4.69, 9.17) is 17.1 Å². The normalized spacial score (nSPS) is 13.1. The van der Waals surface area contributed by atoms with Gasteiger partial charge >= 0.3 is 9.05 Å². The third-order valence-corrected chi connectivity index (χ3v) is 9.37. The first-order valence-electron chi connectivity index (χ1n) is 6.04. The van der Waals surface area contributed by atoms with E-state index in [-0.39, 0.29) is 0 Å². The number of hydrogen-bond acceptors (Lipinski definition) is 6. The number of carbonyl (C=O) groups is 2. The van der Waals surface area contributed by atoms with Gasteiger partial charge in [-0.15, -0.1) is 0 Å². The zero-order valence-electron chi connectivity index (χ0n) is 12.9. The van der Waals surface area contributed by atoms with Crippen LogP contribution in [-0.4, -0.2) is 37.6 Å². The summed E-state index contributed by atoms with van der Waals surface area (Å²) in [5, 5.41) is 0. The molecular weight excluding hydrogens is 300 g/mol. The first kappa shape index (κ1) is 18.5. The van der Waals surface area contributed by atoms with Gasteiger partial charge in [0.25, 0.3) is 11.9 Å². The summed E-state index contributed by atoms with van der Waals surface area (Å²) in [6.07, 6.45) is 0. The van der Waals surface area contributed by atoms with Crippen molar-refractivity contribution in [3.8, 4) is 0 Å². The molecule has 0 aromatic carbocycles. The Labute approximate surface area is 118 Å². The van der Waals surface area contributed by atoms with Gasteiger partial charge in [-0.2, -0.15) is 0 Å². The molecule has 0 saturated heterocycles. The molecule has 0 aromatic rings. The predicted molar refractivity (Wildman–Crippen MR) is 78.1 cm³/mol. The lowest BCUT2D eigenvalue weighted by atomic mass is 10.9. The molecule has 0 unspecified atom stereocenters. The SMILES string of the molecule is CC(=O)O[Si](OC(C)=O)(O[Si](C)(C)C)O[Si](C)(C)C. The summed E-state index contributed by atoms with van der Waals surface area (Å²) in [4.78, 5) is 22.6. The van der Waals surface area contributed by atoms with Crippen LogP contribution in [0.1, 0.15) is 13.8 Å². The van der Waals surface area contributed by atoms with E-state index in [9.17, 15) is 9.59 Å². The molecule has 0 rings (SSSR count). The minimum absolute atomic E-state index is 0.579. The van der Waals surface area contributed by atoms with E-state index in [1.807, 2.05) is 39.3 Å². The van der Waals surface area contributed by atoms with Gasteiger partial charge in [0, 0.05) is 13.8 Å². The van der Waals surface area contributed by atoms with Crippen LogP contribution in [0.15, 0.2) is 0 Å². The standard InChI is InChI=1S/C10H24O6Si3/c1-9(11)13-19(14-10(2)12,15-17(3,4)5)16-18(6,7)8/h1-8H3. The van der Waals surface area contributed by atoms with Gasteiger partial charge in [-0.05, 0) is 39.3 Å². The van der Waals surface area contributed by atoms with E-state index in [0.29, 0.717) is 0 Å². The molecule has 0 heterocycles. The largest absolute Gasteiger partial charge is 0.803 e. The van der Waals surface area contributed by atoms with Crippen LogP contribution >= 0.6 is 0 Å². The quantitative estimate of drug-likeness (QED) is 0.698. The van der Waals surface area contributed by atoms with Crippen molar-refractivity contribution in [2.75, 3.05) is 0 Å². The summed E-state index contributed by atoms with van der Waals surface area (Å²) in [7, 11) is -8.01. The lowest BCUT2D eigenvalue weighted by Crippen LogP contribution is -2.60. The van der Waals surface area contributed by atoms with E-state index in [0.717, 1.165) is 0 Å². The van der Waals surface area contributed by atoms with Crippen molar-refractivity contribution in [2.24, 2.45) is 0 Å². The molecule has 0 aliphatic rings. The monoisotopic (exact) mass is 324 g/mol. The molecule has 19 heavy (non-hydrogen) atoms. The van der Waals surface area contributed by atoms with Crippen molar-refractivity contribution in [3.63, 3.8) is 0 Å². The van der Waals surface area contributed by atoms with Gasteiger partial charge < -0.3 is 17.1 Å². The minimum atomic E-state index is -3.77. The fourth-order valence-corrected chi connectivity index (χ4v) is 9.18. The van der Waals surface area contributed by atoms with Crippen molar-refractivity contribution in [1.82, 2.24) is 0 Å². The Morgan fingerprint density at radius 2 is 0.947 bits per heavy atom. The molecule has 6 nitrogen and oxygen atoms in total. The Morgan fingerprint density at radius 3 is 1.11 bits per heavy atom. The van der Waals surface area contributed by atoms with E-state index in [1.54, 1.807) is 0 Å². The van der Waals surface area contributed by atoms with Crippen LogP contribution in [0, 0.1) is 0 Å². The molecular formula is C10H24O6Si3. The molecule has 0 fully saturated rings. The van der Waals surface area contributed by atoms with Crippen LogP contribution in [0.5, 0.6) is 0 Å². The molecule has 0 saturated carbocycles. The molecule has 0 aliphatic heterocycles. The Bertz CT molecular complexity index is 310. The van der Waals surface area contributed by atoms with Crippen LogP contribution in [0.2, 0.25) is 39.3 Å². The lowest BCUT2D eigenvalue weighted by Gasteiger charge is -2.35. The van der Waals surface area contributed by atoms with Gasteiger partial charge in [0.2, 0.25) is 0 Å². The Morgan fingerprint density at radius 1 is 0.684 bits per heavy atom. The maximum atomic E-state index is 11.3. The first-order chi connectivity index (χ1) is 8.25. The smallest absolute Gasteiger partial charge is 0.443 e. The maximum absolute atomic E-state index is 11.3. The summed E-state index contributed by atoms with van der Waals surface area (Å²) in [6, 6.07) is 0. The second-order valence-corrected chi connectivity index (χ2v) is 17.6. The van der Waals surface area contributed by atoms with E-state index < -0.39 is 37.6 Å². The highest BCUT2D eigenvalue weighted by Crippen LogP contribution is 2.23. The third-order valence-electron chi connectivity index (χ3n) is 1.40. The highest BCUT2D eigenvalue weighted by molar-refractivity contribution is 6.84. The molecule has 112 valence electrons. The van der Waals surface area contributed by atoms with Crippen LogP contribution in [-0.2, 0) is 26.7 Å². The van der Waals surface area contributed by atoms with E-state index >= 15 is 0 Å². The molecule has 0 aliphatic carbocycles. The predicted octanol–water partition coefficient (Wildman–Crippen LogP) is 2.25. The minimum Gasteiger partial charge on any atom is -0.443 e. The van der Waals surface area contributed by atoms with Crippen molar-refractivity contribution in [2.45, 2.75) is 53.1 Å². The fourth-order valence-electron chi connectivity index (χ4n) is 1.23. The van der Waals surface area contributed by atoms with Crippen molar-refractivity contribution >= 4 is 37.6 Å². The zero-order valence-corrected chi connectivity index (χ0v) is 15.9. The average molecular weight is 325 g/mol. The Balaban J connectivity index is 5.43. The van der Waals surface area contributed by atoms with Gasteiger partial charge in [-0.25, -0.2) is 0 Å². The van der Waals surface area contributed by atoms with E-state index in [2.05, 4.69) is 0 Å². The fraction of sp³-hybridized carbons (Fsp3) is 0.800. The summed E-state index contributed by atoms with van der Waals surface area (Å²) in [5.41, 5.74) is 0. The third kappa shape index (κ3) is 9.10. The number of rotatable bonds is 6. The van der Waals surface area contributed by atoms with Crippen molar-refractivity contribution < 1.29 is 26.7 Å². The maximum Gasteiger partial charge on any atom is 0.803 e. The topological polar surface area (TPSA) is 71.1 Å². The summed E-state index contributed by atoms with van der Waals surface area (Å²) < 4.78 is 22.0. The molecule has 0 radical (unpaired) electrons. The van der Waals surface area contributed by atoms with Crippen LogP contribution < -0.4 is 0 Å². The summed E-state index contributed by atoms with van der Waals surface area (Å²) in [6.45, 7) is 14.0. The van der Waals surface area contributed by atoms with Crippen LogP contribution in [0.25, 0.3) is 0 Å². The van der Waals surface area contributed by atoms with Gasteiger partial charge in [-0.3, -0.25) is 9.59 Å². The molecule has 0 atom stereocenters. The van der Waals surface area contributed by atoms with Crippen LogP contribution in [0.4, 0.5) is 0 Å². The van der Waals surface area contributed by atoms with Gasteiger partial charge in [0.15, 0.2) is 16.6 Å². The summed E-state index contributed by atoms with van der Waals surface area (Å²) in [5.74, 6) is -1.16. The molecule has 0 spiro atoms. The second-order valence-electron chi connectivity index (χ2n) is 6.12. The molecule has 9 heteroatoms.